The number of sulfonamides is 1. The average molecular weight is 446 g/mol. The number of nitrogens with zero attached hydrogens (tertiary/aromatic N) is 5. The fourth-order valence-electron chi connectivity index (χ4n) is 3.76. The summed E-state index contributed by atoms with van der Waals surface area (Å²) < 4.78 is 41.9. The number of rotatable bonds is 4. The number of carbonyl (C=O) groups excluding carboxylic acids is 1. The lowest BCUT2D eigenvalue weighted by Gasteiger charge is -2.34. The third-order valence-corrected chi connectivity index (χ3v) is 7.30. The van der Waals surface area contributed by atoms with Crippen LogP contribution in [0.25, 0.3) is 11.0 Å². The lowest BCUT2D eigenvalue weighted by molar-refractivity contribution is 0.0699. The van der Waals surface area contributed by atoms with Gasteiger partial charge in [0.1, 0.15) is 5.82 Å². The van der Waals surface area contributed by atoms with E-state index in [2.05, 4.69) is 10.1 Å². The van der Waals surface area contributed by atoms with Gasteiger partial charge in [-0.05, 0) is 51.1 Å². The van der Waals surface area contributed by atoms with Gasteiger partial charge in [-0.1, -0.05) is 0 Å². The number of hydrogen-bond donors (Lipinski definition) is 0. The molecule has 0 bridgehead atoms. The molecule has 0 saturated carbocycles. The Kier molecular flexibility index (Phi) is 5.52. The first-order chi connectivity index (χ1) is 14.7. The molecule has 10 heteroatoms. The molecule has 0 atom stereocenters. The summed E-state index contributed by atoms with van der Waals surface area (Å²) in [5, 5.41) is 5.06. The second-order valence-electron chi connectivity index (χ2n) is 7.88. The van der Waals surface area contributed by atoms with Gasteiger partial charge < -0.3 is 4.90 Å². The molecular formula is C21H24FN5O3S. The van der Waals surface area contributed by atoms with Crippen LogP contribution in [-0.4, -0.2) is 64.5 Å². The van der Waals surface area contributed by atoms with Crippen molar-refractivity contribution in [3.05, 3.63) is 53.6 Å². The number of benzene rings is 1. The molecule has 0 radical (unpaired) electrons. The van der Waals surface area contributed by atoms with Crippen molar-refractivity contribution < 1.29 is 17.6 Å². The summed E-state index contributed by atoms with van der Waals surface area (Å²) in [4.78, 5) is 19.5. The molecule has 31 heavy (non-hydrogen) atoms. The van der Waals surface area contributed by atoms with Crippen molar-refractivity contribution >= 4 is 27.0 Å². The maximum Gasteiger partial charge on any atom is 0.254 e. The van der Waals surface area contributed by atoms with E-state index in [0.29, 0.717) is 16.6 Å². The van der Waals surface area contributed by atoms with Crippen LogP contribution in [0.5, 0.6) is 0 Å². The third-order valence-electron chi connectivity index (χ3n) is 5.39. The van der Waals surface area contributed by atoms with Crippen LogP contribution >= 0.6 is 0 Å². The van der Waals surface area contributed by atoms with Crippen LogP contribution < -0.4 is 0 Å². The molecule has 8 nitrogen and oxygen atoms in total. The number of piperazine rings is 1. The Balaban J connectivity index is 1.54. The molecule has 0 N–H and O–H groups in total. The molecule has 1 aliphatic rings. The fourth-order valence-corrected chi connectivity index (χ4v) is 5.18. The number of pyridine rings is 1. The minimum atomic E-state index is -3.73. The normalized spacial score (nSPS) is 15.7. The molecule has 0 spiro atoms. The number of carbonyl (C=O) groups is 1. The number of fused-ring (bicyclic) bond motifs is 1. The van der Waals surface area contributed by atoms with Crippen LogP contribution in [0, 0.1) is 12.7 Å². The Hall–Kier alpha value is -2.85. The van der Waals surface area contributed by atoms with Gasteiger partial charge in [0, 0.05) is 37.9 Å². The molecule has 2 aromatic heterocycles. The van der Waals surface area contributed by atoms with E-state index in [4.69, 9.17) is 0 Å². The topological polar surface area (TPSA) is 88.4 Å². The van der Waals surface area contributed by atoms with Crippen LogP contribution in [0.15, 0.2) is 41.4 Å². The van der Waals surface area contributed by atoms with E-state index in [1.165, 1.54) is 16.4 Å². The zero-order valence-corrected chi connectivity index (χ0v) is 18.4. The van der Waals surface area contributed by atoms with Crippen molar-refractivity contribution in [3.63, 3.8) is 0 Å². The molecule has 3 aromatic rings. The van der Waals surface area contributed by atoms with Gasteiger partial charge in [0.05, 0.1) is 22.0 Å². The molecule has 1 saturated heterocycles. The van der Waals surface area contributed by atoms with E-state index in [0.717, 1.165) is 17.8 Å². The maximum atomic E-state index is 13.3. The SMILES string of the molecule is Cc1cc(C(=O)N2CCN(S(=O)(=O)c3ccc(F)cc3)CC2)c2cnn(C(C)C)c2n1. The predicted octanol–water partition coefficient (Wildman–Crippen LogP) is 2.61. The number of halogens is 1. The molecule has 1 aliphatic heterocycles. The maximum absolute atomic E-state index is 13.3. The van der Waals surface area contributed by atoms with E-state index in [9.17, 15) is 17.6 Å². The van der Waals surface area contributed by atoms with Crippen molar-refractivity contribution in [1.82, 2.24) is 24.0 Å². The first kappa shape index (κ1) is 21.4. The second kappa shape index (κ2) is 8.01. The largest absolute Gasteiger partial charge is 0.336 e. The smallest absolute Gasteiger partial charge is 0.254 e. The summed E-state index contributed by atoms with van der Waals surface area (Å²) >= 11 is 0. The summed E-state index contributed by atoms with van der Waals surface area (Å²) in [5.41, 5.74) is 1.90. The minimum Gasteiger partial charge on any atom is -0.336 e. The van der Waals surface area contributed by atoms with Gasteiger partial charge in [-0.2, -0.15) is 9.40 Å². The van der Waals surface area contributed by atoms with Gasteiger partial charge in [0.25, 0.3) is 5.91 Å². The van der Waals surface area contributed by atoms with E-state index in [1.807, 2.05) is 20.8 Å². The Morgan fingerprint density at radius 3 is 2.35 bits per heavy atom. The third kappa shape index (κ3) is 3.92. The first-order valence-electron chi connectivity index (χ1n) is 10.1. The summed E-state index contributed by atoms with van der Waals surface area (Å²) in [6, 6.07) is 6.62. The highest BCUT2D eigenvalue weighted by Gasteiger charge is 2.31. The van der Waals surface area contributed by atoms with E-state index in [1.54, 1.807) is 21.8 Å². The molecule has 0 aliphatic carbocycles. The van der Waals surface area contributed by atoms with Crippen LogP contribution in [-0.2, 0) is 10.0 Å². The molecule has 1 aromatic carbocycles. The van der Waals surface area contributed by atoms with Crippen LogP contribution in [0.1, 0.15) is 35.9 Å². The fraction of sp³-hybridized carbons (Fsp3) is 0.381. The Bertz CT molecular complexity index is 1230. The van der Waals surface area contributed by atoms with Crippen molar-refractivity contribution in [1.29, 1.82) is 0 Å². The highest BCUT2D eigenvalue weighted by Crippen LogP contribution is 2.24. The number of aromatic nitrogens is 3. The zero-order valence-electron chi connectivity index (χ0n) is 17.6. The molecule has 164 valence electrons. The molecule has 0 unspecified atom stereocenters. The lowest BCUT2D eigenvalue weighted by Crippen LogP contribution is -2.50. The molecule has 3 heterocycles. The first-order valence-corrected chi connectivity index (χ1v) is 11.5. The van der Waals surface area contributed by atoms with Crippen LogP contribution in [0.2, 0.25) is 0 Å². The van der Waals surface area contributed by atoms with Gasteiger partial charge in [-0.25, -0.2) is 22.5 Å². The molecular weight excluding hydrogens is 421 g/mol. The Labute approximate surface area is 180 Å². The second-order valence-corrected chi connectivity index (χ2v) is 9.82. The van der Waals surface area contributed by atoms with Crippen molar-refractivity contribution in [2.24, 2.45) is 0 Å². The minimum absolute atomic E-state index is 0.0428. The van der Waals surface area contributed by atoms with Gasteiger partial charge in [0.15, 0.2) is 5.65 Å². The van der Waals surface area contributed by atoms with E-state index in [-0.39, 0.29) is 43.0 Å². The Morgan fingerprint density at radius 1 is 1.10 bits per heavy atom. The summed E-state index contributed by atoms with van der Waals surface area (Å²) in [6.07, 6.45) is 1.66. The van der Waals surface area contributed by atoms with Gasteiger partial charge >= 0.3 is 0 Å². The zero-order chi connectivity index (χ0) is 22.3. The average Bonchev–Trinajstić information content (AvgIpc) is 3.17. The standard InChI is InChI=1S/C21H24FN5O3S/c1-14(2)27-20-19(13-23-27)18(12-15(3)24-20)21(28)25-8-10-26(11-9-25)31(29,30)17-6-4-16(22)5-7-17/h4-7,12-14H,8-11H2,1-3H3. The van der Waals surface area contributed by atoms with E-state index >= 15 is 0 Å². The number of amides is 1. The molecule has 1 amide bonds. The van der Waals surface area contributed by atoms with Crippen molar-refractivity contribution in [2.75, 3.05) is 26.2 Å². The molecule has 1 fully saturated rings. The summed E-state index contributed by atoms with van der Waals surface area (Å²) in [7, 11) is -3.73. The van der Waals surface area contributed by atoms with Crippen LogP contribution in [0.4, 0.5) is 4.39 Å². The number of hydrogen-bond acceptors (Lipinski definition) is 5. The van der Waals surface area contributed by atoms with Gasteiger partial charge in [-0.3, -0.25) is 4.79 Å². The summed E-state index contributed by atoms with van der Waals surface area (Å²) in [5.74, 6) is -0.660. The van der Waals surface area contributed by atoms with Gasteiger partial charge in [0.2, 0.25) is 10.0 Å². The van der Waals surface area contributed by atoms with Crippen molar-refractivity contribution in [3.8, 4) is 0 Å². The quantitative estimate of drug-likeness (QED) is 0.616. The van der Waals surface area contributed by atoms with Crippen LogP contribution in [0.3, 0.4) is 0 Å². The monoisotopic (exact) mass is 445 g/mol. The predicted molar refractivity (Wildman–Crippen MR) is 114 cm³/mol. The molecule has 4 rings (SSSR count). The number of aryl methyl sites for hydroxylation is 1. The Morgan fingerprint density at radius 2 is 1.74 bits per heavy atom. The van der Waals surface area contributed by atoms with Gasteiger partial charge in [-0.15, -0.1) is 0 Å². The highest BCUT2D eigenvalue weighted by molar-refractivity contribution is 7.89. The summed E-state index contributed by atoms with van der Waals surface area (Å²) in [6.45, 7) is 6.70. The van der Waals surface area contributed by atoms with Crippen molar-refractivity contribution in [2.45, 2.75) is 31.7 Å². The van der Waals surface area contributed by atoms with E-state index < -0.39 is 15.8 Å². The lowest BCUT2D eigenvalue weighted by atomic mass is 10.1. The highest BCUT2D eigenvalue weighted by atomic mass is 32.2.